The van der Waals surface area contributed by atoms with Crippen molar-refractivity contribution in [1.29, 1.82) is 0 Å². The molecule has 0 spiro atoms. The average Bonchev–Trinajstić information content (AvgIpc) is 3.45. The van der Waals surface area contributed by atoms with Crippen molar-refractivity contribution in [2.75, 3.05) is 19.8 Å². The topological polar surface area (TPSA) is 112 Å². The third-order valence-electron chi connectivity index (χ3n) is 10.2. The number of hydrogen-bond donors (Lipinski definition) is 2. The predicted molar refractivity (Wildman–Crippen MR) is 202 cm³/mol. The van der Waals surface area contributed by atoms with Gasteiger partial charge in [0.2, 0.25) is 5.91 Å². The molecule has 0 bridgehead atoms. The number of benzene rings is 4. The lowest BCUT2D eigenvalue weighted by Crippen LogP contribution is -2.57. The van der Waals surface area contributed by atoms with Crippen LogP contribution in [0.4, 0.5) is 4.79 Å². The molecule has 1 aromatic heterocycles. The van der Waals surface area contributed by atoms with Gasteiger partial charge in [-0.1, -0.05) is 72.8 Å². The first-order chi connectivity index (χ1) is 25.1. The number of ether oxygens (including phenoxy) is 2. The number of pyridine rings is 1. The van der Waals surface area contributed by atoms with Crippen LogP contribution in [0, 0.1) is 13.8 Å². The van der Waals surface area contributed by atoms with Crippen molar-refractivity contribution in [1.82, 2.24) is 14.8 Å². The zero-order chi connectivity index (χ0) is 36.9. The van der Waals surface area contributed by atoms with Crippen molar-refractivity contribution in [3.05, 3.63) is 131 Å². The Bertz CT molecular complexity index is 1980. The van der Waals surface area contributed by atoms with E-state index in [1.165, 1.54) is 4.90 Å². The monoisotopic (exact) mass is 701 g/mol. The highest BCUT2D eigenvalue weighted by Gasteiger charge is 2.41. The Balaban J connectivity index is 1.49. The highest BCUT2D eigenvalue weighted by atomic mass is 16.7. The molecule has 4 aromatic carbocycles. The van der Waals surface area contributed by atoms with Gasteiger partial charge in [-0.25, -0.2) is 4.79 Å². The Labute approximate surface area is 305 Å². The third kappa shape index (κ3) is 7.38. The number of phenols is 1. The fourth-order valence-corrected chi connectivity index (χ4v) is 7.70. The van der Waals surface area contributed by atoms with Gasteiger partial charge in [0.05, 0.1) is 11.6 Å². The second-order valence-corrected chi connectivity index (χ2v) is 13.4. The summed E-state index contributed by atoms with van der Waals surface area (Å²) in [7, 11) is 0. The molecular weight excluding hydrogens is 654 g/mol. The van der Waals surface area contributed by atoms with Crippen LogP contribution in [0.15, 0.2) is 97.2 Å². The first kappa shape index (κ1) is 36.5. The number of nitrogens with zero attached hydrogens (tertiary/aromatic N) is 3. The summed E-state index contributed by atoms with van der Waals surface area (Å²) in [4.78, 5) is 36.7. The minimum atomic E-state index is -1.19. The molecule has 6 rings (SSSR count). The Morgan fingerprint density at radius 3 is 2.02 bits per heavy atom. The second kappa shape index (κ2) is 16.0. The number of aromatic nitrogens is 1. The molecule has 52 heavy (non-hydrogen) atoms. The molecule has 1 aliphatic rings. The first-order valence-electron chi connectivity index (χ1n) is 18.0. The maximum absolute atomic E-state index is 15.5. The maximum atomic E-state index is 15.5. The molecule has 1 heterocycles. The van der Waals surface area contributed by atoms with Gasteiger partial charge in [0.15, 0.2) is 6.29 Å². The zero-order valence-corrected chi connectivity index (χ0v) is 30.5. The molecule has 2 atom stereocenters. The van der Waals surface area contributed by atoms with Crippen LogP contribution < -0.4 is 0 Å². The molecule has 5 aromatic rings. The number of carbonyl (C=O) groups excluding carboxylic acids is 1. The van der Waals surface area contributed by atoms with E-state index < -0.39 is 24.5 Å². The number of carbonyl (C=O) groups is 2. The lowest BCUT2D eigenvalue weighted by molar-refractivity contribution is -0.180. The fraction of sp³-hybridized carbons (Fsp3) is 0.326. The molecule has 2 N–H and O–H groups in total. The van der Waals surface area contributed by atoms with E-state index in [1.807, 2.05) is 101 Å². The molecule has 0 unspecified atom stereocenters. The molecule has 2 amide bonds. The molecule has 270 valence electrons. The minimum absolute atomic E-state index is 0.0638. The number of amides is 2. The van der Waals surface area contributed by atoms with Crippen LogP contribution in [-0.2, 0) is 27.2 Å². The van der Waals surface area contributed by atoms with Crippen LogP contribution in [0.25, 0.3) is 22.0 Å². The van der Waals surface area contributed by atoms with Crippen LogP contribution in [0.3, 0.4) is 0 Å². The Kier molecular flexibility index (Phi) is 11.2. The van der Waals surface area contributed by atoms with E-state index in [0.717, 1.165) is 55.4 Å². The van der Waals surface area contributed by atoms with Gasteiger partial charge >= 0.3 is 6.09 Å². The second-order valence-electron chi connectivity index (χ2n) is 13.4. The highest BCUT2D eigenvalue weighted by Crippen LogP contribution is 2.45. The van der Waals surface area contributed by atoms with Crippen molar-refractivity contribution in [2.24, 2.45) is 0 Å². The summed E-state index contributed by atoms with van der Waals surface area (Å²) in [6, 6.07) is 27.4. The van der Waals surface area contributed by atoms with Crippen LogP contribution in [-0.4, -0.2) is 75.1 Å². The number of aromatic hydroxyl groups is 1. The molecule has 0 radical (unpaired) electrons. The summed E-state index contributed by atoms with van der Waals surface area (Å²) in [5.41, 5.74) is 8.12. The van der Waals surface area contributed by atoms with Gasteiger partial charge in [-0.15, -0.1) is 0 Å². The number of hydrogen-bond acceptors (Lipinski definition) is 6. The number of aryl methyl sites for hydroxylation is 2. The summed E-state index contributed by atoms with van der Waals surface area (Å²) in [5.74, 6) is -0.543. The summed E-state index contributed by atoms with van der Waals surface area (Å²) in [6.45, 7) is 10.3. The summed E-state index contributed by atoms with van der Waals surface area (Å²) in [5, 5.41) is 22.4. The normalized spacial score (nSPS) is 13.5. The number of carboxylic acid groups (broad SMARTS) is 1. The lowest BCUT2D eigenvalue weighted by Gasteiger charge is -2.39. The summed E-state index contributed by atoms with van der Waals surface area (Å²) in [6.07, 6.45) is -0.122. The average molecular weight is 702 g/mol. The molecule has 0 fully saturated rings. The van der Waals surface area contributed by atoms with Crippen molar-refractivity contribution in [2.45, 2.75) is 71.9 Å². The highest BCUT2D eigenvalue weighted by molar-refractivity contribution is 5.88. The van der Waals surface area contributed by atoms with Crippen molar-refractivity contribution < 1.29 is 29.3 Å². The molecule has 9 heteroatoms. The van der Waals surface area contributed by atoms with Gasteiger partial charge in [-0.05, 0) is 97.3 Å². The van der Waals surface area contributed by atoms with E-state index in [2.05, 4.69) is 17.1 Å². The Hall–Kier alpha value is -5.25. The summed E-state index contributed by atoms with van der Waals surface area (Å²) < 4.78 is 12.1. The van der Waals surface area contributed by atoms with Gasteiger partial charge in [0.1, 0.15) is 11.8 Å². The smallest absolute Gasteiger partial charge is 0.408 e. The van der Waals surface area contributed by atoms with E-state index in [1.54, 1.807) is 23.2 Å². The van der Waals surface area contributed by atoms with Crippen LogP contribution in [0.5, 0.6) is 5.75 Å². The summed E-state index contributed by atoms with van der Waals surface area (Å²) >= 11 is 0. The van der Waals surface area contributed by atoms with Crippen molar-refractivity contribution in [3.63, 3.8) is 0 Å². The number of para-hydroxylation sites is 1. The molecule has 0 saturated heterocycles. The van der Waals surface area contributed by atoms with Crippen LogP contribution in [0.1, 0.15) is 60.1 Å². The van der Waals surface area contributed by atoms with Crippen LogP contribution in [0.2, 0.25) is 0 Å². The van der Waals surface area contributed by atoms with Gasteiger partial charge in [-0.2, -0.15) is 0 Å². The standard InChI is InChI=1S/C43H47N3O6/c1-6-51-42(52-7-2)29(5)45(25-31-15-12-14-30-16-13-21-44-40(30)31)41(48)39(24-37-27(3)22-32(47)23-28(37)4)46(43(49)50)26-38-35-19-10-8-17-33(35)34-18-9-11-20-36(34)38/h8-23,29,38-39,42,47H,6-7,24-26H2,1-5H3,(H,49,50)/t29-,39-/m0/s1. The van der Waals surface area contributed by atoms with E-state index in [9.17, 15) is 15.0 Å². The number of phenolic OH excluding ortho intramolecular Hbond substituents is 1. The molecule has 9 nitrogen and oxygen atoms in total. The van der Waals surface area contributed by atoms with Gasteiger partial charge < -0.3 is 24.6 Å². The molecule has 0 aliphatic heterocycles. The third-order valence-corrected chi connectivity index (χ3v) is 10.2. The van der Waals surface area contributed by atoms with Crippen LogP contribution >= 0.6 is 0 Å². The maximum Gasteiger partial charge on any atom is 0.408 e. The molecule has 0 saturated carbocycles. The predicted octanol–water partition coefficient (Wildman–Crippen LogP) is 8.08. The van der Waals surface area contributed by atoms with Gasteiger partial charge in [-0.3, -0.25) is 14.7 Å². The van der Waals surface area contributed by atoms with Gasteiger partial charge in [0.25, 0.3) is 0 Å². The SMILES string of the molecule is CCOC(OCC)[C@H](C)N(Cc1cccc2cccnc12)C(=O)[C@H](Cc1c(C)cc(O)cc1C)N(CC1c2ccccc2-c2ccccc21)C(=O)O. The number of fused-ring (bicyclic) bond motifs is 4. The van der Waals surface area contributed by atoms with E-state index >= 15 is 4.79 Å². The Morgan fingerprint density at radius 1 is 0.827 bits per heavy atom. The largest absolute Gasteiger partial charge is 0.508 e. The zero-order valence-electron chi connectivity index (χ0n) is 30.5. The molecular formula is C43H47N3O6. The van der Waals surface area contributed by atoms with E-state index in [-0.39, 0.29) is 37.1 Å². The lowest BCUT2D eigenvalue weighted by atomic mass is 9.92. The minimum Gasteiger partial charge on any atom is -0.508 e. The van der Waals surface area contributed by atoms with Crippen molar-refractivity contribution >= 4 is 22.9 Å². The Morgan fingerprint density at radius 2 is 1.42 bits per heavy atom. The first-order valence-corrected chi connectivity index (χ1v) is 18.0. The fourth-order valence-electron chi connectivity index (χ4n) is 7.70. The quantitative estimate of drug-likeness (QED) is 0.113. The van der Waals surface area contributed by atoms with E-state index in [4.69, 9.17) is 9.47 Å². The van der Waals surface area contributed by atoms with E-state index in [0.29, 0.717) is 13.2 Å². The number of rotatable bonds is 14. The van der Waals surface area contributed by atoms with Crippen molar-refractivity contribution in [3.8, 4) is 16.9 Å². The molecule has 1 aliphatic carbocycles. The van der Waals surface area contributed by atoms with Gasteiger partial charge in [0, 0.05) is 50.2 Å².